The zero-order chi connectivity index (χ0) is 7.68. The summed E-state index contributed by atoms with van der Waals surface area (Å²) in [6.07, 6.45) is 4.09. The maximum absolute atomic E-state index is 10.3. The van der Waals surface area contributed by atoms with Gasteiger partial charge in [-0.1, -0.05) is 0 Å². The Bertz CT molecular complexity index is 265. The molecule has 1 aromatic rings. The second kappa shape index (κ2) is 2.47. The van der Waals surface area contributed by atoms with E-state index in [1.54, 1.807) is 17.1 Å². The maximum Gasteiger partial charge on any atom is 0.153 e. The minimum atomic E-state index is 0.337. The molecule has 11 heavy (non-hydrogen) atoms. The van der Waals surface area contributed by atoms with Gasteiger partial charge in [-0.2, -0.15) is 5.10 Å². The molecule has 1 aliphatic heterocycles. The fraction of sp³-hybridized carbons (Fsp3) is 0.429. The highest BCUT2D eigenvalue weighted by atomic mass is 16.5. The molecule has 1 aliphatic rings. The summed E-state index contributed by atoms with van der Waals surface area (Å²) in [7, 11) is 0. The average Bonchev–Trinajstić information content (AvgIpc) is 2.32. The first-order chi connectivity index (χ1) is 5.40. The van der Waals surface area contributed by atoms with E-state index >= 15 is 0 Å². The Hall–Kier alpha value is -1.16. The van der Waals surface area contributed by atoms with Crippen molar-refractivity contribution in [1.29, 1.82) is 0 Å². The van der Waals surface area contributed by atoms with Crippen LogP contribution in [-0.4, -0.2) is 29.3 Å². The van der Waals surface area contributed by atoms with Crippen LogP contribution in [0.25, 0.3) is 0 Å². The van der Waals surface area contributed by atoms with Crippen molar-refractivity contribution in [1.82, 2.24) is 9.78 Å². The maximum atomic E-state index is 10.3. The van der Waals surface area contributed by atoms with Crippen molar-refractivity contribution < 1.29 is 9.53 Å². The largest absolute Gasteiger partial charge is 0.377 e. The molecule has 58 valence electrons. The predicted octanol–water partition coefficient (Wildman–Crippen LogP) is 0.267. The van der Waals surface area contributed by atoms with Crippen LogP contribution in [0.1, 0.15) is 16.4 Å². The summed E-state index contributed by atoms with van der Waals surface area (Å²) in [6.45, 7) is 1.42. The van der Waals surface area contributed by atoms with Crippen LogP contribution >= 0.6 is 0 Å². The number of hydrogen-bond acceptors (Lipinski definition) is 3. The first kappa shape index (κ1) is 6.54. The molecule has 0 unspecified atom stereocenters. The van der Waals surface area contributed by atoms with Gasteiger partial charge in [-0.05, 0) is 0 Å². The number of ether oxygens (including phenoxy) is 1. The van der Waals surface area contributed by atoms with E-state index in [2.05, 4.69) is 5.10 Å². The standard InChI is InChI=1S/C7H8N2O2/c10-3-6-1-8-9(2-6)7-4-11-5-7/h1-3,7H,4-5H2. The van der Waals surface area contributed by atoms with Crippen LogP contribution in [0.15, 0.2) is 12.4 Å². The van der Waals surface area contributed by atoms with Crippen molar-refractivity contribution in [3.05, 3.63) is 18.0 Å². The molecule has 2 heterocycles. The van der Waals surface area contributed by atoms with Gasteiger partial charge in [0.05, 0.1) is 31.0 Å². The molecule has 0 aliphatic carbocycles. The third-order valence-electron chi connectivity index (χ3n) is 1.75. The minimum Gasteiger partial charge on any atom is -0.377 e. The van der Waals surface area contributed by atoms with Gasteiger partial charge in [0.2, 0.25) is 0 Å². The quantitative estimate of drug-likeness (QED) is 0.571. The van der Waals surface area contributed by atoms with E-state index in [0.717, 1.165) is 6.29 Å². The van der Waals surface area contributed by atoms with Crippen LogP contribution in [0.3, 0.4) is 0 Å². The van der Waals surface area contributed by atoms with Gasteiger partial charge in [-0.3, -0.25) is 9.48 Å². The van der Waals surface area contributed by atoms with Gasteiger partial charge in [-0.15, -0.1) is 0 Å². The number of nitrogens with zero attached hydrogens (tertiary/aromatic N) is 2. The van der Waals surface area contributed by atoms with E-state index < -0.39 is 0 Å². The molecule has 0 spiro atoms. The lowest BCUT2D eigenvalue weighted by atomic mass is 10.3. The Balaban J connectivity index is 2.17. The molecule has 1 fully saturated rings. The van der Waals surface area contributed by atoms with Crippen LogP contribution in [0.4, 0.5) is 0 Å². The van der Waals surface area contributed by atoms with Crippen LogP contribution < -0.4 is 0 Å². The molecule has 4 heteroatoms. The minimum absolute atomic E-state index is 0.337. The van der Waals surface area contributed by atoms with E-state index in [1.807, 2.05) is 0 Å². The molecule has 0 amide bonds. The van der Waals surface area contributed by atoms with Crippen LogP contribution in [0.5, 0.6) is 0 Å². The van der Waals surface area contributed by atoms with Gasteiger partial charge in [-0.25, -0.2) is 0 Å². The van der Waals surface area contributed by atoms with Gasteiger partial charge < -0.3 is 4.74 Å². The van der Waals surface area contributed by atoms with Crippen LogP contribution in [-0.2, 0) is 4.74 Å². The van der Waals surface area contributed by atoms with E-state index in [1.165, 1.54) is 0 Å². The first-order valence-corrected chi connectivity index (χ1v) is 3.47. The third kappa shape index (κ3) is 1.05. The Morgan fingerprint density at radius 3 is 3.00 bits per heavy atom. The fourth-order valence-electron chi connectivity index (χ4n) is 0.989. The lowest BCUT2D eigenvalue weighted by Crippen LogP contribution is -2.30. The van der Waals surface area contributed by atoms with Crippen molar-refractivity contribution in [3.63, 3.8) is 0 Å². The summed E-state index contributed by atoms with van der Waals surface area (Å²) in [5.74, 6) is 0. The molecule has 1 aromatic heterocycles. The van der Waals surface area contributed by atoms with E-state index in [-0.39, 0.29) is 0 Å². The molecule has 0 radical (unpaired) electrons. The summed E-state index contributed by atoms with van der Waals surface area (Å²) in [4.78, 5) is 10.3. The fourth-order valence-corrected chi connectivity index (χ4v) is 0.989. The van der Waals surface area contributed by atoms with Gasteiger partial charge in [0.25, 0.3) is 0 Å². The average molecular weight is 152 g/mol. The molecule has 1 saturated heterocycles. The molecular weight excluding hydrogens is 144 g/mol. The summed E-state index contributed by atoms with van der Waals surface area (Å²) in [6, 6.07) is 0.337. The third-order valence-corrected chi connectivity index (χ3v) is 1.75. The second-order valence-corrected chi connectivity index (χ2v) is 2.56. The molecule has 2 rings (SSSR count). The topological polar surface area (TPSA) is 44.1 Å². The highest BCUT2D eigenvalue weighted by molar-refractivity contribution is 5.73. The zero-order valence-electron chi connectivity index (χ0n) is 5.93. The SMILES string of the molecule is O=Cc1cnn(C2COC2)c1. The molecule has 4 nitrogen and oxygen atoms in total. The number of aromatic nitrogens is 2. The molecular formula is C7H8N2O2. The summed E-state index contributed by atoms with van der Waals surface area (Å²) < 4.78 is 6.75. The molecule has 0 saturated carbocycles. The van der Waals surface area contributed by atoms with Gasteiger partial charge in [0, 0.05) is 6.20 Å². The highest BCUT2D eigenvalue weighted by Gasteiger charge is 2.20. The lowest BCUT2D eigenvalue weighted by Gasteiger charge is -2.25. The Morgan fingerprint density at radius 1 is 1.73 bits per heavy atom. The van der Waals surface area contributed by atoms with Gasteiger partial charge in [0.1, 0.15) is 0 Å². The smallest absolute Gasteiger partial charge is 0.153 e. The summed E-state index contributed by atoms with van der Waals surface area (Å²) in [5.41, 5.74) is 0.622. The Morgan fingerprint density at radius 2 is 2.55 bits per heavy atom. The van der Waals surface area contributed by atoms with Crippen LogP contribution in [0, 0.1) is 0 Å². The Kier molecular flexibility index (Phi) is 1.47. The number of aldehydes is 1. The van der Waals surface area contributed by atoms with E-state index in [4.69, 9.17) is 4.74 Å². The van der Waals surface area contributed by atoms with Crippen molar-refractivity contribution in [2.75, 3.05) is 13.2 Å². The Labute approximate surface area is 63.8 Å². The van der Waals surface area contributed by atoms with Crippen LogP contribution in [0.2, 0.25) is 0 Å². The summed E-state index contributed by atoms with van der Waals surface area (Å²) >= 11 is 0. The first-order valence-electron chi connectivity index (χ1n) is 3.47. The molecule has 0 bridgehead atoms. The van der Waals surface area contributed by atoms with E-state index in [0.29, 0.717) is 24.8 Å². The summed E-state index contributed by atoms with van der Waals surface area (Å²) in [5, 5.41) is 4.01. The molecule has 0 N–H and O–H groups in total. The zero-order valence-corrected chi connectivity index (χ0v) is 5.93. The van der Waals surface area contributed by atoms with Crippen molar-refractivity contribution in [3.8, 4) is 0 Å². The van der Waals surface area contributed by atoms with Crippen molar-refractivity contribution >= 4 is 6.29 Å². The van der Waals surface area contributed by atoms with Gasteiger partial charge >= 0.3 is 0 Å². The normalized spacial score (nSPS) is 17.8. The molecule has 0 aromatic carbocycles. The van der Waals surface area contributed by atoms with E-state index in [9.17, 15) is 4.79 Å². The van der Waals surface area contributed by atoms with Crippen molar-refractivity contribution in [2.45, 2.75) is 6.04 Å². The van der Waals surface area contributed by atoms with Gasteiger partial charge in [0.15, 0.2) is 6.29 Å². The van der Waals surface area contributed by atoms with Crippen molar-refractivity contribution in [2.24, 2.45) is 0 Å². The second-order valence-electron chi connectivity index (χ2n) is 2.56. The predicted molar refractivity (Wildman–Crippen MR) is 37.5 cm³/mol. The highest BCUT2D eigenvalue weighted by Crippen LogP contribution is 2.15. The monoisotopic (exact) mass is 152 g/mol. The number of carbonyl (C=O) groups is 1. The lowest BCUT2D eigenvalue weighted by molar-refractivity contribution is -0.0286. The number of rotatable bonds is 2. The number of hydrogen-bond donors (Lipinski definition) is 0. The number of carbonyl (C=O) groups excluding carboxylic acids is 1. The molecule has 0 atom stereocenters.